The lowest BCUT2D eigenvalue weighted by atomic mass is 10.2. The van der Waals surface area contributed by atoms with E-state index in [4.69, 9.17) is 18.6 Å². The van der Waals surface area contributed by atoms with Crippen LogP contribution in [0.25, 0.3) is 11.5 Å². The van der Waals surface area contributed by atoms with Crippen LogP contribution in [0.5, 0.6) is 11.5 Å². The average Bonchev–Trinajstić information content (AvgIpc) is 3.14. The molecule has 0 spiro atoms. The lowest BCUT2D eigenvalue weighted by Crippen LogP contribution is -2.21. The standard InChI is InChI=1S/C21H20N2O6/c1-13-19(23-20(29-13)14-7-5-4-6-8-14)21(25)28-12-18(24)22-16-11-15(26-2)9-10-17(16)27-3/h4-11H,12H2,1-3H3,(H,22,24). The number of esters is 1. The van der Waals surface area contributed by atoms with Crippen LogP contribution in [-0.4, -0.2) is 37.7 Å². The second kappa shape index (κ2) is 8.92. The number of ether oxygens (including phenoxy) is 3. The largest absolute Gasteiger partial charge is 0.497 e. The fourth-order valence-electron chi connectivity index (χ4n) is 2.59. The first-order chi connectivity index (χ1) is 14.0. The Morgan fingerprint density at radius 2 is 1.83 bits per heavy atom. The summed E-state index contributed by atoms with van der Waals surface area (Å²) in [5.41, 5.74) is 1.16. The number of amides is 1. The highest BCUT2D eigenvalue weighted by Crippen LogP contribution is 2.28. The number of hydrogen-bond acceptors (Lipinski definition) is 7. The third-order valence-electron chi connectivity index (χ3n) is 4.03. The zero-order valence-corrected chi connectivity index (χ0v) is 16.2. The van der Waals surface area contributed by atoms with E-state index in [0.717, 1.165) is 5.56 Å². The molecule has 0 aliphatic carbocycles. The molecule has 1 N–H and O–H groups in total. The van der Waals surface area contributed by atoms with Crippen molar-refractivity contribution in [3.05, 3.63) is 60.0 Å². The van der Waals surface area contributed by atoms with Gasteiger partial charge in [0.15, 0.2) is 12.3 Å². The Balaban J connectivity index is 1.64. The monoisotopic (exact) mass is 396 g/mol. The summed E-state index contributed by atoms with van der Waals surface area (Å²) in [6.45, 7) is 1.11. The predicted molar refractivity (Wildman–Crippen MR) is 105 cm³/mol. The second-order valence-electron chi connectivity index (χ2n) is 5.98. The first-order valence-corrected chi connectivity index (χ1v) is 8.73. The Hall–Kier alpha value is -3.81. The minimum atomic E-state index is -0.749. The number of aryl methyl sites for hydroxylation is 1. The van der Waals surface area contributed by atoms with E-state index in [1.165, 1.54) is 14.2 Å². The number of carbonyl (C=O) groups excluding carboxylic acids is 2. The van der Waals surface area contributed by atoms with Gasteiger partial charge in [0.05, 0.1) is 19.9 Å². The van der Waals surface area contributed by atoms with E-state index < -0.39 is 18.5 Å². The first kappa shape index (κ1) is 19.9. The maximum absolute atomic E-state index is 12.3. The highest BCUT2D eigenvalue weighted by Gasteiger charge is 2.20. The summed E-state index contributed by atoms with van der Waals surface area (Å²) < 4.78 is 20.9. The minimum Gasteiger partial charge on any atom is -0.497 e. The molecule has 0 saturated heterocycles. The number of anilines is 1. The van der Waals surface area contributed by atoms with Gasteiger partial charge >= 0.3 is 5.97 Å². The fraction of sp³-hybridized carbons (Fsp3) is 0.190. The summed E-state index contributed by atoms with van der Waals surface area (Å²) in [5, 5.41) is 2.62. The fourth-order valence-corrected chi connectivity index (χ4v) is 2.59. The van der Waals surface area contributed by atoms with Crippen molar-refractivity contribution in [1.29, 1.82) is 0 Å². The molecular formula is C21H20N2O6. The third-order valence-corrected chi connectivity index (χ3v) is 4.03. The smallest absolute Gasteiger partial charge is 0.361 e. The molecule has 0 aliphatic rings. The Morgan fingerprint density at radius 1 is 1.07 bits per heavy atom. The quantitative estimate of drug-likeness (QED) is 0.611. The van der Waals surface area contributed by atoms with Crippen molar-refractivity contribution in [2.45, 2.75) is 6.92 Å². The van der Waals surface area contributed by atoms with Gasteiger partial charge in [-0.1, -0.05) is 18.2 Å². The molecule has 0 radical (unpaired) electrons. The SMILES string of the molecule is COc1ccc(OC)c(NC(=O)COC(=O)c2nc(-c3ccccc3)oc2C)c1. The van der Waals surface area contributed by atoms with Crippen LogP contribution < -0.4 is 14.8 Å². The first-order valence-electron chi connectivity index (χ1n) is 8.73. The van der Waals surface area contributed by atoms with Crippen molar-refractivity contribution in [2.24, 2.45) is 0 Å². The average molecular weight is 396 g/mol. The van der Waals surface area contributed by atoms with Crippen molar-refractivity contribution in [3.63, 3.8) is 0 Å². The van der Waals surface area contributed by atoms with E-state index in [1.54, 1.807) is 25.1 Å². The molecule has 1 heterocycles. The number of nitrogens with one attached hydrogen (secondary N) is 1. The topological polar surface area (TPSA) is 99.9 Å². The highest BCUT2D eigenvalue weighted by molar-refractivity contribution is 5.96. The molecule has 3 aromatic rings. The van der Waals surface area contributed by atoms with E-state index in [9.17, 15) is 9.59 Å². The van der Waals surface area contributed by atoms with Crippen LogP contribution in [0.1, 0.15) is 16.2 Å². The number of rotatable bonds is 7. The molecule has 0 unspecified atom stereocenters. The van der Waals surface area contributed by atoms with Gasteiger partial charge < -0.3 is 23.9 Å². The molecule has 150 valence electrons. The van der Waals surface area contributed by atoms with E-state index in [1.807, 2.05) is 30.3 Å². The van der Waals surface area contributed by atoms with E-state index >= 15 is 0 Å². The van der Waals surface area contributed by atoms with Gasteiger partial charge in [0, 0.05) is 11.6 Å². The molecule has 2 aromatic carbocycles. The Labute approximate surface area is 167 Å². The molecule has 8 heteroatoms. The molecule has 0 bridgehead atoms. The van der Waals surface area contributed by atoms with Crippen LogP contribution in [0.15, 0.2) is 52.9 Å². The number of aromatic nitrogens is 1. The molecule has 0 atom stereocenters. The maximum atomic E-state index is 12.3. The van der Waals surface area contributed by atoms with Gasteiger partial charge in [-0.25, -0.2) is 9.78 Å². The second-order valence-corrected chi connectivity index (χ2v) is 5.98. The van der Waals surface area contributed by atoms with E-state index in [2.05, 4.69) is 10.3 Å². The van der Waals surface area contributed by atoms with Gasteiger partial charge in [0.1, 0.15) is 17.3 Å². The molecule has 3 rings (SSSR count). The molecule has 1 amide bonds. The summed E-state index contributed by atoms with van der Waals surface area (Å²) >= 11 is 0. The van der Waals surface area contributed by atoms with Crippen molar-refractivity contribution in [1.82, 2.24) is 4.98 Å². The van der Waals surface area contributed by atoms with Gasteiger partial charge in [-0.05, 0) is 31.2 Å². The van der Waals surface area contributed by atoms with Crippen LogP contribution in [-0.2, 0) is 9.53 Å². The Bertz CT molecular complexity index is 1010. The van der Waals surface area contributed by atoms with Crippen molar-refractivity contribution in [2.75, 3.05) is 26.1 Å². The van der Waals surface area contributed by atoms with E-state index in [-0.39, 0.29) is 5.69 Å². The Morgan fingerprint density at radius 3 is 2.52 bits per heavy atom. The molecule has 8 nitrogen and oxygen atoms in total. The number of carbonyl (C=O) groups is 2. The van der Waals surface area contributed by atoms with Crippen LogP contribution in [0, 0.1) is 6.92 Å². The summed E-state index contributed by atoms with van der Waals surface area (Å²) in [6, 6.07) is 14.1. The van der Waals surface area contributed by atoms with Crippen LogP contribution in [0.3, 0.4) is 0 Å². The van der Waals surface area contributed by atoms with Gasteiger partial charge in [0.2, 0.25) is 5.89 Å². The molecule has 1 aromatic heterocycles. The normalized spacial score (nSPS) is 10.3. The zero-order valence-electron chi connectivity index (χ0n) is 16.2. The van der Waals surface area contributed by atoms with Crippen LogP contribution >= 0.6 is 0 Å². The molecular weight excluding hydrogens is 376 g/mol. The lowest BCUT2D eigenvalue weighted by molar-refractivity contribution is -0.119. The number of nitrogens with zero attached hydrogens (tertiary/aromatic N) is 1. The number of benzene rings is 2. The van der Waals surface area contributed by atoms with Crippen LogP contribution in [0.4, 0.5) is 5.69 Å². The maximum Gasteiger partial charge on any atom is 0.361 e. The van der Waals surface area contributed by atoms with Gasteiger partial charge in [-0.15, -0.1) is 0 Å². The Kier molecular flexibility index (Phi) is 6.13. The van der Waals surface area contributed by atoms with Gasteiger partial charge in [0.25, 0.3) is 5.91 Å². The highest BCUT2D eigenvalue weighted by atomic mass is 16.5. The minimum absolute atomic E-state index is 0.0237. The zero-order chi connectivity index (χ0) is 20.8. The number of methoxy groups -OCH3 is 2. The molecule has 0 fully saturated rings. The van der Waals surface area contributed by atoms with Crippen molar-refractivity contribution in [3.8, 4) is 23.0 Å². The number of oxazole rings is 1. The predicted octanol–water partition coefficient (Wildman–Crippen LogP) is 3.46. The van der Waals surface area contributed by atoms with Gasteiger partial charge in [-0.3, -0.25) is 4.79 Å². The summed E-state index contributed by atoms with van der Waals surface area (Å²) in [5.74, 6) is 0.329. The van der Waals surface area contributed by atoms with Crippen LogP contribution in [0.2, 0.25) is 0 Å². The summed E-state index contributed by atoms with van der Waals surface area (Å²) in [6.07, 6.45) is 0. The summed E-state index contributed by atoms with van der Waals surface area (Å²) in [7, 11) is 2.99. The molecule has 0 aliphatic heterocycles. The molecule has 0 saturated carbocycles. The van der Waals surface area contributed by atoms with Gasteiger partial charge in [-0.2, -0.15) is 0 Å². The van der Waals surface area contributed by atoms with Crippen molar-refractivity contribution < 1.29 is 28.2 Å². The molecule has 29 heavy (non-hydrogen) atoms. The van der Waals surface area contributed by atoms with Crippen molar-refractivity contribution >= 4 is 17.6 Å². The number of hydrogen-bond donors (Lipinski definition) is 1. The third kappa shape index (κ3) is 4.73. The summed E-state index contributed by atoms with van der Waals surface area (Å²) in [4.78, 5) is 28.7. The van der Waals surface area contributed by atoms with E-state index in [0.29, 0.717) is 28.8 Å². The lowest BCUT2D eigenvalue weighted by Gasteiger charge is -2.11.